The van der Waals surface area contributed by atoms with Crippen molar-refractivity contribution in [3.8, 4) is 0 Å². The van der Waals surface area contributed by atoms with E-state index in [0.717, 1.165) is 0 Å². The van der Waals surface area contributed by atoms with Gasteiger partial charge < -0.3 is 20.1 Å². The number of carbonyl (C=O) groups excluding carboxylic acids is 1. The Balaban J connectivity index is 2.72. The largest absolute Gasteiger partial charge is 0.462 e. The molecule has 1 aliphatic rings. The van der Waals surface area contributed by atoms with Crippen molar-refractivity contribution >= 4 is 5.97 Å². The van der Waals surface area contributed by atoms with Crippen LogP contribution in [0.4, 0.5) is 0 Å². The normalized spacial score (nSPS) is 40.7. The fourth-order valence-corrected chi connectivity index (χ4v) is 1.40. The van der Waals surface area contributed by atoms with Gasteiger partial charge in [0.1, 0.15) is 6.10 Å². The Kier molecular flexibility index (Phi) is 4.26. The summed E-state index contributed by atoms with van der Waals surface area (Å²) in [5.74, 6) is -0.573. The molecule has 0 unspecified atom stereocenters. The monoisotopic (exact) mass is 216 g/mol. The molecule has 1 heterocycles. The van der Waals surface area contributed by atoms with Crippen molar-refractivity contribution < 1.29 is 24.9 Å². The molecule has 15 heavy (non-hydrogen) atoms. The van der Waals surface area contributed by atoms with E-state index in [1.807, 2.05) is 0 Å². The molecule has 4 atom stereocenters. The van der Waals surface area contributed by atoms with Gasteiger partial charge in [-0.3, -0.25) is 4.79 Å². The number of hydrogen-bond donors (Lipinski definition) is 3. The lowest BCUT2D eigenvalue weighted by atomic mass is 10.1. The fraction of sp³-hybridized carbons (Fsp3) is 0.700. The zero-order valence-corrected chi connectivity index (χ0v) is 8.54. The van der Waals surface area contributed by atoms with Crippen LogP contribution in [0.5, 0.6) is 0 Å². The fourth-order valence-electron chi connectivity index (χ4n) is 1.40. The van der Waals surface area contributed by atoms with E-state index >= 15 is 0 Å². The molecule has 1 rings (SSSR count). The second-order valence-electron chi connectivity index (χ2n) is 3.75. The Hall–Kier alpha value is -0.910. The van der Waals surface area contributed by atoms with E-state index in [-0.39, 0.29) is 12.8 Å². The molecule has 0 radical (unpaired) electrons. The topological polar surface area (TPSA) is 87.0 Å². The minimum absolute atomic E-state index is 0.244. The number of aliphatic hydroxyl groups is 3. The predicted octanol–water partition coefficient (Wildman–Crippen LogP) is -0.649. The Morgan fingerprint density at radius 3 is 2.67 bits per heavy atom. The van der Waals surface area contributed by atoms with Crippen LogP contribution in [0.1, 0.15) is 19.8 Å². The van der Waals surface area contributed by atoms with Crippen molar-refractivity contribution in [2.75, 3.05) is 0 Å². The first kappa shape index (κ1) is 12.2. The van der Waals surface area contributed by atoms with Gasteiger partial charge in [-0.25, -0.2) is 0 Å². The van der Waals surface area contributed by atoms with Crippen molar-refractivity contribution in [3.63, 3.8) is 0 Å². The van der Waals surface area contributed by atoms with Crippen LogP contribution in [0.25, 0.3) is 0 Å². The number of carbonyl (C=O) groups is 1. The van der Waals surface area contributed by atoms with E-state index in [1.165, 1.54) is 12.2 Å². The highest BCUT2D eigenvalue weighted by Crippen LogP contribution is 2.11. The van der Waals surface area contributed by atoms with Crippen LogP contribution in [-0.4, -0.2) is 45.7 Å². The first-order chi connectivity index (χ1) is 6.99. The van der Waals surface area contributed by atoms with Crippen molar-refractivity contribution in [2.45, 2.75) is 44.2 Å². The Morgan fingerprint density at radius 1 is 1.33 bits per heavy atom. The van der Waals surface area contributed by atoms with Crippen molar-refractivity contribution in [3.05, 3.63) is 12.2 Å². The van der Waals surface area contributed by atoms with Crippen LogP contribution in [0, 0.1) is 0 Å². The number of cyclic esters (lactones) is 1. The molecule has 0 aromatic carbocycles. The Labute approximate surface area is 88.0 Å². The standard InChI is InChI=1S/C10H16O5/c1-6-4-7(11)2-3-8(12)9(13)5-10(14)15-6/h2-3,6-9,11-13H,4-5H2,1H3/b3-2-/t6-,7+,8-,9+/m0/s1. The SMILES string of the molecule is C[C@H]1C[C@H](O)/C=C\[C@H](O)[C@H](O)CC(=O)O1. The van der Waals surface area contributed by atoms with Gasteiger partial charge in [-0.05, 0) is 6.92 Å². The van der Waals surface area contributed by atoms with Gasteiger partial charge >= 0.3 is 5.97 Å². The molecule has 0 fully saturated rings. The summed E-state index contributed by atoms with van der Waals surface area (Å²) in [5.41, 5.74) is 0. The quantitative estimate of drug-likeness (QED) is 0.370. The maximum atomic E-state index is 11.2. The van der Waals surface area contributed by atoms with Crippen LogP contribution in [-0.2, 0) is 9.53 Å². The lowest BCUT2D eigenvalue weighted by molar-refractivity contribution is -0.152. The number of ether oxygens (including phenoxy) is 1. The summed E-state index contributed by atoms with van der Waals surface area (Å²) in [6.07, 6.45) is -0.805. The average molecular weight is 216 g/mol. The highest BCUT2D eigenvalue weighted by atomic mass is 16.5. The highest BCUT2D eigenvalue weighted by molar-refractivity contribution is 5.70. The van der Waals surface area contributed by atoms with Gasteiger partial charge in [0.15, 0.2) is 0 Å². The maximum absolute atomic E-state index is 11.2. The van der Waals surface area contributed by atoms with Crippen LogP contribution >= 0.6 is 0 Å². The van der Waals surface area contributed by atoms with Crippen molar-refractivity contribution in [1.29, 1.82) is 0 Å². The van der Waals surface area contributed by atoms with E-state index < -0.39 is 30.4 Å². The van der Waals surface area contributed by atoms with E-state index in [2.05, 4.69) is 0 Å². The molecule has 5 heteroatoms. The second kappa shape index (κ2) is 5.25. The smallest absolute Gasteiger partial charge is 0.308 e. The Bertz CT molecular complexity index is 250. The van der Waals surface area contributed by atoms with Gasteiger partial charge in [0.25, 0.3) is 0 Å². The predicted molar refractivity (Wildman–Crippen MR) is 51.9 cm³/mol. The molecular weight excluding hydrogens is 200 g/mol. The van der Waals surface area contributed by atoms with Crippen LogP contribution in [0.2, 0.25) is 0 Å². The molecule has 0 amide bonds. The zero-order valence-electron chi connectivity index (χ0n) is 8.54. The summed E-state index contributed by atoms with van der Waals surface area (Å²) in [7, 11) is 0. The molecule has 0 aromatic rings. The molecular formula is C10H16O5. The summed E-state index contributed by atoms with van der Waals surface area (Å²) < 4.78 is 4.91. The number of hydrogen-bond acceptors (Lipinski definition) is 5. The molecule has 0 bridgehead atoms. The summed E-state index contributed by atoms with van der Waals surface area (Å²) in [4.78, 5) is 11.2. The van der Waals surface area contributed by atoms with Crippen LogP contribution in [0.15, 0.2) is 12.2 Å². The summed E-state index contributed by atoms with van der Waals surface area (Å²) in [6, 6.07) is 0. The third kappa shape index (κ3) is 3.99. The van der Waals surface area contributed by atoms with Crippen LogP contribution < -0.4 is 0 Å². The number of rotatable bonds is 0. The summed E-state index contributed by atoms with van der Waals surface area (Å²) >= 11 is 0. The molecule has 86 valence electrons. The van der Waals surface area contributed by atoms with Gasteiger partial charge in [0.05, 0.1) is 24.7 Å². The third-order valence-corrected chi connectivity index (χ3v) is 2.21. The number of esters is 1. The lowest BCUT2D eigenvalue weighted by Gasteiger charge is -2.20. The van der Waals surface area contributed by atoms with Crippen LogP contribution in [0.3, 0.4) is 0 Å². The zero-order chi connectivity index (χ0) is 11.4. The minimum atomic E-state index is -1.19. The van der Waals surface area contributed by atoms with Gasteiger partial charge in [-0.1, -0.05) is 12.2 Å². The van der Waals surface area contributed by atoms with Gasteiger partial charge in [0, 0.05) is 6.42 Å². The second-order valence-corrected chi connectivity index (χ2v) is 3.75. The molecule has 0 aromatic heterocycles. The molecule has 1 aliphatic heterocycles. The Morgan fingerprint density at radius 2 is 2.00 bits per heavy atom. The van der Waals surface area contributed by atoms with Gasteiger partial charge in [-0.15, -0.1) is 0 Å². The molecule has 0 aliphatic carbocycles. The van der Waals surface area contributed by atoms with E-state index in [0.29, 0.717) is 0 Å². The van der Waals surface area contributed by atoms with Gasteiger partial charge in [-0.2, -0.15) is 0 Å². The van der Waals surface area contributed by atoms with Crippen molar-refractivity contribution in [1.82, 2.24) is 0 Å². The molecule has 0 saturated carbocycles. The van der Waals surface area contributed by atoms with Crippen molar-refractivity contribution in [2.24, 2.45) is 0 Å². The van der Waals surface area contributed by atoms with E-state index in [1.54, 1.807) is 6.92 Å². The average Bonchev–Trinajstić information content (AvgIpc) is 2.12. The van der Waals surface area contributed by atoms with E-state index in [9.17, 15) is 20.1 Å². The maximum Gasteiger partial charge on any atom is 0.308 e. The first-order valence-electron chi connectivity index (χ1n) is 4.91. The van der Waals surface area contributed by atoms with E-state index in [4.69, 9.17) is 4.74 Å². The summed E-state index contributed by atoms with van der Waals surface area (Å²) in [5, 5.41) is 28.1. The molecule has 3 N–H and O–H groups in total. The van der Waals surface area contributed by atoms with Gasteiger partial charge in [0.2, 0.25) is 0 Å². The summed E-state index contributed by atoms with van der Waals surface area (Å²) in [6.45, 7) is 1.67. The minimum Gasteiger partial charge on any atom is -0.462 e. The molecule has 5 nitrogen and oxygen atoms in total. The number of aliphatic hydroxyl groups excluding tert-OH is 3. The molecule has 0 saturated heterocycles. The molecule has 0 spiro atoms. The highest BCUT2D eigenvalue weighted by Gasteiger charge is 2.22. The first-order valence-corrected chi connectivity index (χ1v) is 4.91. The third-order valence-electron chi connectivity index (χ3n) is 2.21. The lowest BCUT2D eigenvalue weighted by Crippen LogP contribution is -2.31.